The number of allylic oxidation sites excluding steroid dienone is 1. The minimum atomic E-state index is -0.503. The maximum atomic E-state index is 14.2. The third kappa shape index (κ3) is 5.08. The number of halogens is 1. The van der Waals surface area contributed by atoms with Crippen molar-refractivity contribution in [3.05, 3.63) is 60.3 Å². The van der Waals surface area contributed by atoms with Crippen LogP contribution in [-0.2, 0) is 0 Å². The largest absolute Gasteiger partial charge is 0.390 e. The summed E-state index contributed by atoms with van der Waals surface area (Å²) in [6.45, 7) is 1.77. The van der Waals surface area contributed by atoms with Gasteiger partial charge in [-0.25, -0.2) is 9.38 Å². The molecule has 0 saturated heterocycles. The van der Waals surface area contributed by atoms with Crippen LogP contribution >= 0.6 is 0 Å². The van der Waals surface area contributed by atoms with Crippen LogP contribution in [0.25, 0.3) is 0 Å². The molecule has 7 heteroatoms. The molecule has 1 unspecified atom stereocenters. The van der Waals surface area contributed by atoms with Crippen molar-refractivity contribution in [2.75, 3.05) is 10.6 Å². The Hall–Kier alpha value is -2.93. The Kier molecular flexibility index (Phi) is 5.65. The lowest BCUT2D eigenvalue weighted by molar-refractivity contribution is 0.632. The van der Waals surface area contributed by atoms with Crippen molar-refractivity contribution < 1.29 is 4.39 Å². The van der Waals surface area contributed by atoms with Gasteiger partial charge in [0.2, 0.25) is 0 Å². The van der Waals surface area contributed by atoms with E-state index in [1.54, 1.807) is 49.7 Å². The molecule has 1 heterocycles. The van der Waals surface area contributed by atoms with Crippen molar-refractivity contribution in [1.29, 1.82) is 0 Å². The average Bonchev–Trinajstić information content (AvgIpc) is 2.51. The quantitative estimate of drug-likeness (QED) is 0.373. The molecule has 1 aromatic heterocycles. The summed E-state index contributed by atoms with van der Waals surface area (Å²) in [6, 6.07) is 8.26. The fourth-order valence-electron chi connectivity index (χ4n) is 1.95. The van der Waals surface area contributed by atoms with Crippen molar-refractivity contribution in [3.63, 3.8) is 0 Å². The van der Waals surface area contributed by atoms with E-state index in [2.05, 4.69) is 20.6 Å². The van der Waals surface area contributed by atoms with E-state index in [-0.39, 0.29) is 5.82 Å². The van der Waals surface area contributed by atoms with Gasteiger partial charge in [-0.2, -0.15) is 0 Å². The zero-order chi connectivity index (χ0) is 16.7. The number of nitrogens with zero attached hydrogens (tertiary/aromatic N) is 2. The predicted octanol–water partition coefficient (Wildman–Crippen LogP) is 2.55. The first-order chi connectivity index (χ1) is 11.1. The van der Waals surface area contributed by atoms with Crippen LogP contribution in [-0.4, -0.2) is 17.5 Å². The topological polar surface area (TPSA) is 101 Å². The highest BCUT2D eigenvalue weighted by Crippen LogP contribution is 2.22. The van der Waals surface area contributed by atoms with Crippen LogP contribution in [0.1, 0.15) is 6.92 Å². The van der Waals surface area contributed by atoms with Crippen molar-refractivity contribution in [1.82, 2.24) is 4.98 Å². The van der Waals surface area contributed by atoms with E-state index >= 15 is 0 Å². The summed E-state index contributed by atoms with van der Waals surface area (Å²) >= 11 is 0. The minimum Gasteiger partial charge on any atom is -0.390 e. The van der Waals surface area contributed by atoms with Gasteiger partial charge in [0.1, 0.15) is 5.82 Å². The minimum absolute atomic E-state index is 0.370. The Balaban J connectivity index is 2.06. The first-order valence-corrected chi connectivity index (χ1v) is 7.00. The average molecular weight is 314 g/mol. The molecule has 6 N–H and O–H groups in total. The van der Waals surface area contributed by atoms with Gasteiger partial charge < -0.3 is 22.1 Å². The normalized spacial score (nSPS) is 13.1. The molecule has 0 bridgehead atoms. The van der Waals surface area contributed by atoms with E-state index in [1.807, 2.05) is 0 Å². The number of nitrogens with one attached hydrogen (secondary N) is 2. The monoisotopic (exact) mass is 314 g/mol. The van der Waals surface area contributed by atoms with Crippen molar-refractivity contribution >= 4 is 23.4 Å². The van der Waals surface area contributed by atoms with Gasteiger partial charge in [-0.3, -0.25) is 4.98 Å². The highest BCUT2D eigenvalue weighted by atomic mass is 19.1. The van der Waals surface area contributed by atoms with Crippen LogP contribution in [0.2, 0.25) is 0 Å². The summed E-state index contributed by atoms with van der Waals surface area (Å²) in [4.78, 5) is 7.80. The second-order valence-corrected chi connectivity index (χ2v) is 4.81. The third-order valence-corrected chi connectivity index (χ3v) is 2.96. The molecule has 0 radical (unpaired) electrons. The van der Waals surface area contributed by atoms with E-state index in [0.29, 0.717) is 17.1 Å². The Bertz CT molecular complexity index is 699. The molecule has 0 aliphatic carbocycles. The lowest BCUT2D eigenvalue weighted by Crippen LogP contribution is -2.27. The fraction of sp³-hybridized carbons (Fsp3) is 0.125. The number of aromatic nitrogens is 1. The van der Waals surface area contributed by atoms with E-state index in [1.165, 1.54) is 12.4 Å². The van der Waals surface area contributed by atoms with Crippen LogP contribution in [0.4, 0.5) is 21.5 Å². The summed E-state index contributed by atoms with van der Waals surface area (Å²) in [6.07, 6.45) is 5.64. The summed E-state index contributed by atoms with van der Waals surface area (Å²) in [5, 5.41) is 5.95. The van der Waals surface area contributed by atoms with Gasteiger partial charge in [-0.15, -0.1) is 0 Å². The number of benzene rings is 1. The number of nitrogens with two attached hydrogens (primary N) is 2. The van der Waals surface area contributed by atoms with Gasteiger partial charge in [0.15, 0.2) is 0 Å². The number of hydrogen-bond donors (Lipinski definition) is 4. The van der Waals surface area contributed by atoms with Gasteiger partial charge in [-0.1, -0.05) is 0 Å². The molecule has 2 aromatic rings. The van der Waals surface area contributed by atoms with Crippen LogP contribution in [0.15, 0.2) is 59.5 Å². The first kappa shape index (κ1) is 16.4. The summed E-state index contributed by atoms with van der Waals surface area (Å²) < 4.78 is 14.2. The molecule has 0 fully saturated rings. The predicted molar refractivity (Wildman–Crippen MR) is 92.0 cm³/mol. The number of rotatable bonds is 6. The van der Waals surface area contributed by atoms with Gasteiger partial charge in [-0.05, 0) is 43.3 Å². The first-order valence-electron chi connectivity index (χ1n) is 7.00. The van der Waals surface area contributed by atoms with Crippen LogP contribution in [0, 0.1) is 5.82 Å². The fourth-order valence-corrected chi connectivity index (χ4v) is 1.95. The molecule has 0 aliphatic heterocycles. The molecule has 0 saturated carbocycles. The maximum Gasteiger partial charge on any atom is 0.148 e. The van der Waals surface area contributed by atoms with E-state index in [0.717, 1.165) is 5.69 Å². The van der Waals surface area contributed by atoms with E-state index in [4.69, 9.17) is 11.5 Å². The maximum absolute atomic E-state index is 14.2. The molecule has 0 aliphatic rings. The zero-order valence-electron chi connectivity index (χ0n) is 12.7. The lowest BCUT2D eigenvalue weighted by Gasteiger charge is -2.14. The van der Waals surface area contributed by atoms with Crippen LogP contribution in [0.3, 0.4) is 0 Å². The molecule has 2 rings (SSSR count). The molecule has 1 atom stereocenters. The number of anilines is 3. The van der Waals surface area contributed by atoms with Gasteiger partial charge in [0, 0.05) is 29.5 Å². The highest BCUT2D eigenvalue weighted by Gasteiger charge is 2.06. The molecule has 0 amide bonds. The van der Waals surface area contributed by atoms with Crippen LogP contribution in [0.5, 0.6) is 0 Å². The Morgan fingerprint density at radius 1 is 1.26 bits per heavy atom. The second kappa shape index (κ2) is 7.90. The van der Waals surface area contributed by atoms with E-state index in [9.17, 15) is 4.39 Å². The Morgan fingerprint density at radius 3 is 2.65 bits per heavy atom. The van der Waals surface area contributed by atoms with Crippen LogP contribution < -0.4 is 22.1 Å². The molecule has 6 nitrogen and oxygen atoms in total. The number of hydrogen-bond acceptors (Lipinski definition) is 5. The summed E-state index contributed by atoms with van der Waals surface area (Å²) in [5.74, 6) is -0.389. The van der Waals surface area contributed by atoms with Gasteiger partial charge in [0.05, 0.1) is 18.2 Å². The van der Waals surface area contributed by atoms with Crippen molar-refractivity contribution in [2.45, 2.75) is 13.1 Å². The molecular weight excluding hydrogens is 295 g/mol. The second-order valence-electron chi connectivity index (χ2n) is 4.81. The molecule has 23 heavy (non-hydrogen) atoms. The molecule has 0 spiro atoms. The molecule has 1 aromatic carbocycles. The van der Waals surface area contributed by atoms with Gasteiger partial charge >= 0.3 is 0 Å². The Labute approximate surface area is 134 Å². The third-order valence-electron chi connectivity index (χ3n) is 2.96. The zero-order valence-corrected chi connectivity index (χ0v) is 12.7. The van der Waals surface area contributed by atoms with Crippen molar-refractivity contribution in [3.8, 4) is 0 Å². The van der Waals surface area contributed by atoms with E-state index < -0.39 is 6.17 Å². The highest BCUT2D eigenvalue weighted by molar-refractivity contribution is 5.63. The smallest absolute Gasteiger partial charge is 0.148 e. The standard InChI is InChI=1S/C16H19FN6/c1-11(21-10-18)8-16(19)23-13-2-3-15(14(17)9-13)22-12-4-6-20-7-5-12/h2-10,16,23H,19H2,1H3,(H2,18,21)(H,20,22)/b11-8-. The molecule has 120 valence electrons. The number of aliphatic imine (C=N–C) groups is 1. The van der Waals surface area contributed by atoms with Crippen molar-refractivity contribution in [2.24, 2.45) is 16.5 Å². The number of pyridine rings is 1. The lowest BCUT2D eigenvalue weighted by atomic mass is 10.2. The summed E-state index contributed by atoms with van der Waals surface area (Å²) in [7, 11) is 0. The Morgan fingerprint density at radius 2 is 2.00 bits per heavy atom. The van der Waals surface area contributed by atoms with Gasteiger partial charge in [0.25, 0.3) is 0 Å². The summed E-state index contributed by atoms with van der Waals surface area (Å²) in [5.41, 5.74) is 13.5. The molecular formula is C16H19FN6. The SMILES string of the molecule is C/C(=C/C(N)Nc1ccc(Nc2ccncc2)c(F)c1)N=CN.